The van der Waals surface area contributed by atoms with Gasteiger partial charge >= 0.3 is 0 Å². The molecule has 0 spiro atoms. The molecule has 3 N–H and O–H groups in total. The van der Waals surface area contributed by atoms with E-state index in [0.717, 1.165) is 18.3 Å². The molecule has 0 aliphatic heterocycles. The van der Waals surface area contributed by atoms with Crippen LogP contribution < -0.4 is 11.1 Å². The van der Waals surface area contributed by atoms with Crippen LogP contribution in [0.15, 0.2) is 12.3 Å². The molecule has 0 saturated heterocycles. The van der Waals surface area contributed by atoms with Crippen LogP contribution >= 0.6 is 11.6 Å². The predicted octanol–water partition coefficient (Wildman–Crippen LogP) is 2.53. The molecule has 0 radical (unpaired) electrons. The highest BCUT2D eigenvalue weighted by Gasteiger charge is 2.17. The summed E-state index contributed by atoms with van der Waals surface area (Å²) in [5.41, 5.74) is 6.38. The van der Waals surface area contributed by atoms with E-state index in [1.807, 2.05) is 0 Å². The Hall–Kier alpha value is -0.960. The summed E-state index contributed by atoms with van der Waals surface area (Å²) >= 11 is 5.75. The molecule has 0 unspecified atom stereocenters. The largest absolute Gasteiger partial charge is 0.396 e. The summed E-state index contributed by atoms with van der Waals surface area (Å²) in [7, 11) is 0. The molecule has 0 atom stereocenters. The molecule has 0 aromatic carbocycles. The van der Waals surface area contributed by atoms with Crippen LogP contribution in [0.25, 0.3) is 0 Å². The van der Waals surface area contributed by atoms with Gasteiger partial charge in [-0.1, -0.05) is 18.0 Å². The molecule has 1 aromatic rings. The van der Waals surface area contributed by atoms with Crippen LogP contribution in [0.2, 0.25) is 5.02 Å². The fourth-order valence-corrected chi connectivity index (χ4v) is 1.71. The molecule has 0 bridgehead atoms. The molecule has 1 saturated carbocycles. The van der Waals surface area contributed by atoms with Crippen molar-refractivity contribution >= 4 is 23.1 Å². The number of nitrogens with zero attached hydrogens (tertiary/aromatic N) is 1. The summed E-state index contributed by atoms with van der Waals surface area (Å²) < 4.78 is 0. The Morgan fingerprint density at radius 2 is 2.36 bits per heavy atom. The van der Waals surface area contributed by atoms with E-state index < -0.39 is 0 Å². The van der Waals surface area contributed by atoms with Crippen LogP contribution in [0.5, 0.6) is 0 Å². The molecule has 1 heterocycles. The van der Waals surface area contributed by atoms with Gasteiger partial charge in [0.1, 0.15) is 5.82 Å². The Labute approximate surface area is 88.7 Å². The van der Waals surface area contributed by atoms with Crippen molar-refractivity contribution in [1.29, 1.82) is 0 Å². The second kappa shape index (κ2) is 4.05. The van der Waals surface area contributed by atoms with Crippen molar-refractivity contribution in [3.63, 3.8) is 0 Å². The summed E-state index contributed by atoms with van der Waals surface area (Å²) in [6.45, 7) is 0.971. The molecule has 1 aromatic heterocycles. The minimum absolute atomic E-state index is 0.580. The third-order valence-corrected chi connectivity index (χ3v) is 2.87. The highest BCUT2D eigenvalue weighted by molar-refractivity contribution is 6.30. The molecular weight excluding hydrogens is 198 g/mol. The van der Waals surface area contributed by atoms with Gasteiger partial charge in [0.05, 0.1) is 10.7 Å². The third kappa shape index (κ3) is 2.10. The number of pyridine rings is 1. The fourth-order valence-electron chi connectivity index (χ4n) is 1.54. The highest BCUT2D eigenvalue weighted by atomic mass is 35.5. The Morgan fingerprint density at radius 3 is 2.93 bits per heavy atom. The van der Waals surface area contributed by atoms with Gasteiger partial charge in [-0.25, -0.2) is 4.98 Å². The average Bonchev–Trinajstić information content (AvgIpc) is 2.05. The molecule has 2 rings (SSSR count). The zero-order valence-corrected chi connectivity index (χ0v) is 8.72. The normalized spacial score (nSPS) is 16.4. The number of hydrogen-bond donors (Lipinski definition) is 2. The topological polar surface area (TPSA) is 50.9 Å². The first-order valence-electron chi connectivity index (χ1n) is 4.90. The molecule has 1 aliphatic rings. The van der Waals surface area contributed by atoms with Crippen LogP contribution in [0.4, 0.5) is 11.5 Å². The lowest BCUT2D eigenvalue weighted by atomic mass is 9.85. The minimum atomic E-state index is 0.580. The van der Waals surface area contributed by atoms with Crippen LogP contribution in [0.1, 0.15) is 19.3 Å². The van der Waals surface area contributed by atoms with E-state index in [2.05, 4.69) is 10.3 Å². The lowest BCUT2D eigenvalue weighted by Crippen LogP contribution is -2.21. The fraction of sp³-hybridized carbons (Fsp3) is 0.500. The van der Waals surface area contributed by atoms with E-state index in [-0.39, 0.29) is 0 Å². The summed E-state index contributed by atoms with van der Waals surface area (Å²) in [5.74, 6) is 1.55. The molecule has 1 fully saturated rings. The van der Waals surface area contributed by atoms with Gasteiger partial charge in [0, 0.05) is 12.7 Å². The van der Waals surface area contributed by atoms with Crippen molar-refractivity contribution in [2.45, 2.75) is 19.3 Å². The molecule has 14 heavy (non-hydrogen) atoms. The van der Waals surface area contributed by atoms with Crippen LogP contribution in [-0.2, 0) is 0 Å². The first-order valence-corrected chi connectivity index (χ1v) is 5.28. The predicted molar refractivity (Wildman–Crippen MR) is 59.5 cm³/mol. The number of anilines is 2. The maximum Gasteiger partial charge on any atom is 0.149 e. The number of aromatic nitrogens is 1. The van der Waals surface area contributed by atoms with Gasteiger partial charge < -0.3 is 11.1 Å². The molecule has 76 valence electrons. The van der Waals surface area contributed by atoms with Crippen LogP contribution in [-0.4, -0.2) is 11.5 Å². The Morgan fingerprint density at radius 1 is 1.57 bits per heavy atom. The number of nitrogens with one attached hydrogen (secondary N) is 1. The Bertz CT molecular complexity index is 323. The van der Waals surface area contributed by atoms with E-state index in [0.29, 0.717) is 10.7 Å². The second-order valence-corrected chi connectivity index (χ2v) is 4.21. The van der Waals surface area contributed by atoms with Crippen LogP contribution in [0.3, 0.4) is 0 Å². The number of hydrogen-bond acceptors (Lipinski definition) is 3. The van der Waals surface area contributed by atoms with Gasteiger partial charge in [-0.05, 0) is 24.8 Å². The smallest absolute Gasteiger partial charge is 0.149 e. The van der Waals surface area contributed by atoms with E-state index in [1.54, 1.807) is 12.3 Å². The number of nitrogens with two attached hydrogens (primary N) is 1. The third-order valence-electron chi connectivity index (χ3n) is 2.67. The maximum atomic E-state index is 5.76. The Balaban J connectivity index is 1.94. The molecular formula is C10H14ClN3. The first-order chi connectivity index (χ1) is 6.75. The van der Waals surface area contributed by atoms with Crippen molar-refractivity contribution in [3.05, 3.63) is 17.3 Å². The summed E-state index contributed by atoms with van der Waals surface area (Å²) in [6, 6.07) is 1.72. The summed E-state index contributed by atoms with van der Waals surface area (Å²) in [6.07, 6.45) is 5.61. The van der Waals surface area contributed by atoms with Gasteiger partial charge in [0.25, 0.3) is 0 Å². The standard InChI is InChI=1S/C10H14ClN3/c11-8-4-9(12)10(14-6-8)13-5-7-2-1-3-7/h4,6-7H,1-3,5,12H2,(H,13,14). The van der Waals surface area contributed by atoms with Gasteiger partial charge in [0.2, 0.25) is 0 Å². The van der Waals surface area contributed by atoms with E-state index in [9.17, 15) is 0 Å². The lowest BCUT2D eigenvalue weighted by Gasteiger charge is -2.25. The van der Waals surface area contributed by atoms with E-state index in [1.165, 1.54) is 19.3 Å². The molecule has 3 nitrogen and oxygen atoms in total. The highest BCUT2D eigenvalue weighted by Crippen LogP contribution is 2.27. The number of halogens is 1. The summed E-state index contributed by atoms with van der Waals surface area (Å²) in [5, 5.41) is 3.83. The van der Waals surface area contributed by atoms with Crippen molar-refractivity contribution in [3.8, 4) is 0 Å². The van der Waals surface area contributed by atoms with Crippen molar-refractivity contribution < 1.29 is 0 Å². The van der Waals surface area contributed by atoms with Gasteiger partial charge in [-0.3, -0.25) is 0 Å². The van der Waals surface area contributed by atoms with Crippen molar-refractivity contribution in [1.82, 2.24) is 4.98 Å². The number of nitrogen functional groups attached to an aromatic ring is 1. The maximum absolute atomic E-state index is 5.76. The lowest BCUT2D eigenvalue weighted by molar-refractivity contribution is 0.333. The Kier molecular flexibility index (Phi) is 2.77. The van der Waals surface area contributed by atoms with E-state index in [4.69, 9.17) is 17.3 Å². The number of rotatable bonds is 3. The van der Waals surface area contributed by atoms with Gasteiger partial charge in [-0.15, -0.1) is 0 Å². The average molecular weight is 212 g/mol. The van der Waals surface area contributed by atoms with Crippen molar-refractivity contribution in [2.75, 3.05) is 17.6 Å². The zero-order valence-electron chi connectivity index (χ0n) is 7.96. The van der Waals surface area contributed by atoms with Crippen molar-refractivity contribution in [2.24, 2.45) is 5.92 Å². The van der Waals surface area contributed by atoms with Gasteiger partial charge in [-0.2, -0.15) is 0 Å². The molecule has 1 aliphatic carbocycles. The first kappa shape index (κ1) is 9.59. The van der Waals surface area contributed by atoms with Crippen LogP contribution in [0, 0.1) is 5.92 Å². The molecule has 4 heteroatoms. The monoisotopic (exact) mass is 211 g/mol. The minimum Gasteiger partial charge on any atom is -0.396 e. The summed E-state index contributed by atoms with van der Waals surface area (Å²) in [4.78, 5) is 4.14. The van der Waals surface area contributed by atoms with E-state index >= 15 is 0 Å². The SMILES string of the molecule is Nc1cc(Cl)cnc1NCC1CCC1. The molecule has 0 amide bonds. The van der Waals surface area contributed by atoms with Gasteiger partial charge in [0.15, 0.2) is 0 Å². The second-order valence-electron chi connectivity index (χ2n) is 3.77. The quantitative estimate of drug-likeness (QED) is 0.808. The zero-order chi connectivity index (χ0) is 9.97.